The molecule has 6 rings (SSSR count). The van der Waals surface area contributed by atoms with Crippen LogP contribution in [0.3, 0.4) is 0 Å². The number of imidazole rings is 1. The second-order valence-electron chi connectivity index (χ2n) is 8.74. The highest BCUT2D eigenvalue weighted by Crippen LogP contribution is 2.42. The van der Waals surface area contributed by atoms with E-state index in [0.717, 1.165) is 38.9 Å². The van der Waals surface area contributed by atoms with E-state index in [1.165, 1.54) is 12.1 Å². The Hall–Kier alpha value is -4.86. The van der Waals surface area contributed by atoms with Gasteiger partial charge in [-0.2, -0.15) is 5.26 Å². The van der Waals surface area contributed by atoms with Crippen molar-refractivity contribution in [2.75, 3.05) is 0 Å². The van der Waals surface area contributed by atoms with Crippen molar-refractivity contribution in [3.8, 4) is 28.5 Å². The number of nitrogens with zero attached hydrogens (tertiary/aromatic N) is 4. The fourth-order valence-corrected chi connectivity index (χ4v) is 5.11. The number of fused-ring (bicyclic) bond motifs is 3. The average molecular weight is 503 g/mol. The van der Waals surface area contributed by atoms with E-state index in [4.69, 9.17) is 11.6 Å². The monoisotopic (exact) mass is 502 g/mol. The van der Waals surface area contributed by atoms with Crippen LogP contribution in [-0.2, 0) is 6.54 Å². The minimum atomic E-state index is -0.423. The van der Waals surface area contributed by atoms with Gasteiger partial charge in [0.1, 0.15) is 11.7 Å². The molecule has 7 heteroatoms. The van der Waals surface area contributed by atoms with Crippen LogP contribution in [0.25, 0.3) is 39.1 Å². The van der Waals surface area contributed by atoms with E-state index in [1.807, 2.05) is 60.7 Å². The first-order valence-electron chi connectivity index (χ1n) is 11.7. The smallest absolute Gasteiger partial charge is 0.269 e. The van der Waals surface area contributed by atoms with Crippen molar-refractivity contribution < 1.29 is 4.92 Å². The van der Waals surface area contributed by atoms with Gasteiger partial charge in [-0.25, -0.2) is 0 Å². The van der Waals surface area contributed by atoms with Crippen LogP contribution in [0, 0.1) is 21.4 Å². The van der Waals surface area contributed by atoms with Gasteiger partial charge in [0.05, 0.1) is 27.2 Å². The molecule has 0 N–H and O–H groups in total. The summed E-state index contributed by atoms with van der Waals surface area (Å²) in [6.07, 6.45) is 0. The second-order valence-corrected chi connectivity index (χ2v) is 9.18. The predicted octanol–water partition coefficient (Wildman–Crippen LogP) is 7.71. The number of nitro benzene ring substituents is 1. The molecular weight excluding hydrogens is 484 g/mol. The number of rotatable bonds is 5. The maximum Gasteiger partial charge on any atom is 0.269 e. The zero-order valence-electron chi connectivity index (χ0n) is 19.5. The molecule has 0 saturated carbocycles. The van der Waals surface area contributed by atoms with Gasteiger partial charge in [-0.3, -0.25) is 14.5 Å². The highest BCUT2D eigenvalue weighted by Gasteiger charge is 2.27. The Morgan fingerprint density at radius 1 is 0.811 bits per heavy atom. The highest BCUT2D eigenvalue weighted by atomic mass is 35.5. The maximum atomic E-state index is 11.3. The molecule has 0 atom stereocenters. The molecule has 2 aromatic heterocycles. The molecule has 0 aliphatic carbocycles. The van der Waals surface area contributed by atoms with Gasteiger partial charge in [-0.05, 0) is 47.5 Å². The summed E-state index contributed by atoms with van der Waals surface area (Å²) in [5, 5.41) is 22.4. The van der Waals surface area contributed by atoms with Crippen LogP contribution in [0.4, 0.5) is 5.69 Å². The molecule has 2 heterocycles. The largest absolute Gasteiger partial charge is 0.321 e. The highest BCUT2D eigenvalue weighted by molar-refractivity contribution is 6.30. The fourth-order valence-electron chi connectivity index (χ4n) is 4.98. The zero-order valence-corrected chi connectivity index (χ0v) is 20.3. The molecule has 0 saturated heterocycles. The van der Waals surface area contributed by atoms with Gasteiger partial charge in [0, 0.05) is 34.8 Å². The number of nitro groups is 1. The lowest BCUT2D eigenvalue weighted by molar-refractivity contribution is -0.384. The number of nitriles is 1. The van der Waals surface area contributed by atoms with Crippen LogP contribution in [0.15, 0.2) is 103 Å². The molecule has 37 heavy (non-hydrogen) atoms. The van der Waals surface area contributed by atoms with Crippen molar-refractivity contribution in [1.29, 1.82) is 5.26 Å². The van der Waals surface area contributed by atoms with Crippen LogP contribution in [0.5, 0.6) is 0 Å². The van der Waals surface area contributed by atoms with Crippen LogP contribution < -0.4 is 0 Å². The van der Waals surface area contributed by atoms with E-state index < -0.39 is 4.92 Å². The van der Waals surface area contributed by atoms with Gasteiger partial charge in [-0.15, -0.1) is 0 Å². The van der Waals surface area contributed by atoms with Crippen LogP contribution in [0.2, 0.25) is 5.02 Å². The number of non-ortho nitro benzene ring substituents is 1. The molecule has 0 spiro atoms. The lowest BCUT2D eigenvalue weighted by Crippen LogP contribution is -2.00. The molecule has 4 aromatic carbocycles. The van der Waals surface area contributed by atoms with Gasteiger partial charge in [-0.1, -0.05) is 66.2 Å². The van der Waals surface area contributed by atoms with Crippen molar-refractivity contribution in [2.45, 2.75) is 6.54 Å². The van der Waals surface area contributed by atoms with Crippen molar-refractivity contribution in [3.63, 3.8) is 0 Å². The predicted molar refractivity (Wildman–Crippen MR) is 146 cm³/mol. The van der Waals surface area contributed by atoms with E-state index in [-0.39, 0.29) is 5.69 Å². The van der Waals surface area contributed by atoms with Crippen molar-refractivity contribution in [2.24, 2.45) is 0 Å². The standard InChI is InChI=1S/C30H19ClN4O2/c31-23-14-10-21(11-15-23)28-25(18-32)29(22-12-16-24(17-13-22)35(36)37)34-27-9-5-4-8-26(27)33(30(28)34)19-20-6-2-1-3-7-20/h1-17H,19H2. The topological polar surface area (TPSA) is 76.3 Å². The summed E-state index contributed by atoms with van der Waals surface area (Å²) in [5.74, 6) is 0. The summed E-state index contributed by atoms with van der Waals surface area (Å²) in [7, 11) is 0. The summed E-state index contributed by atoms with van der Waals surface area (Å²) >= 11 is 6.20. The number of aromatic nitrogens is 2. The summed E-state index contributed by atoms with van der Waals surface area (Å²) in [5.41, 5.74) is 7.53. The van der Waals surface area contributed by atoms with Gasteiger partial charge < -0.3 is 4.57 Å². The van der Waals surface area contributed by atoms with Crippen molar-refractivity contribution >= 4 is 34.0 Å². The van der Waals surface area contributed by atoms with Gasteiger partial charge in [0.2, 0.25) is 0 Å². The number of para-hydroxylation sites is 2. The van der Waals surface area contributed by atoms with Crippen molar-refractivity contribution in [1.82, 2.24) is 8.97 Å². The Bertz CT molecular complexity index is 1830. The zero-order chi connectivity index (χ0) is 25.5. The Morgan fingerprint density at radius 2 is 1.43 bits per heavy atom. The molecular formula is C30H19ClN4O2. The molecule has 0 unspecified atom stereocenters. The first kappa shape index (κ1) is 22.6. The Labute approximate surface area is 217 Å². The molecule has 0 aliphatic heterocycles. The molecule has 6 nitrogen and oxygen atoms in total. The summed E-state index contributed by atoms with van der Waals surface area (Å²) in [6, 6.07) is 34.5. The molecule has 0 aliphatic rings. The van der Waals surface area contributed by atoms with Gasteiger partial charge >= 0.3 is 0 Å². The van der Waals surface area contributed by atoms with E-state index in [1.54, 1.807) is 12.1 Å². The van der Waals surface area contributed by atoms with E-state index in [9.17, 15) is 15.4 Å². The molecule has 6 aromatic rings. The Morgan fingerprint density at radius 3 is 2.08 bits per heavy atom. The first-order valence-corrected chi connectivity index (χ1v) is 12.0. The number of hydrogen-bond acceptors (Lipinski definition) is 3. The third-order valence-corrected chi connectivity index (χ3v) is 6.85. The molecule has 0 bridgehead atoms. The van der Waals surface area contributed by atoms with E-state index in [2.05, 4.69) is 33.2 Å². The van der Waals surface area contributed by atoms with E-state index >= 15 is 0 Å². The lowest BCUT2D eigenvalue weighted by Gasteiger charge is -2.09. The average Bonchev–Trinajstić information content (AvgIpc) is 3.42. The number of halogens is 1. The minimum absolute atomic E-state index is 0.000474. The number of hydrogen-bond donors (Lipinski definition) is 0. The molecule has 178 valence electrons. The fraction of sp³-hybridized carbons (Fsp3) is 0.0333. The van der Waals surface area contributed by atoms with E-state index in [0.29, 0.717) is 22.8 Å². The van der Waals surface area contributed by atoms with Crippen LogP contribution in [-0.4, -0.2) is 13.9 Å². The normalized spacial score (nSPS) is 11.1. The number of benzene rings is 4. The lowest BCUT2D eigenvalue weighted by atomic mass is 10.00. The summed E-state index contributed by atoms with van der Waals surface area (Å²) in [6.45, 7) is 0.604. The molecule has 0 fully saturated rings. The quantitative estimate of drug-likeness (QED) is 0.179. The van der Waals surface area contributed by atoms with Crippen LogP contribution in [0.1, 0.15) is 11.1 Å². The summed E-state index contributed by atoms with van der Waals surface area (Å²) < 4.78 is 4.33. The molecule has 0 amide bonds. The minimum Gasteiger partial charge on any atom is -0.321 e. The van der Waals surface area contributed by atoms with Crippen molar-refractivity contribution in [3.05, 3.63) is 129 Å². The Kier molecular flexibility index (Phi) is 5.48. The Balaban J connectivity index is 1.76. The molecule has 0 radical (unpaired) electrons. The van der Waals surface area contributed by atoms with Gasteiger partial charge in [0.15, 0.2) is 0 Å². The first-order chi connectivity index (χ1) is 18.1. The third kappa shape index (κ3) is 3.74. The third-order valence-electron chi connectivity index (χ3n) is 6.59. The van der Waals surface area contributed by atoms with Crippen LogP contribution >= 0.6 is 11.6 Å². The SMILES string of the molecule is N#Cc1c(-c2ccc(Cl)cc2)c2n(Cc3ccccc3)c3ccccc3n2c1-c1ccc([N+](=O)[O-])cc1. The summed E-state index contributed by atoms with van der Waals surface area (Å²) in [4.78, 5) is 10.9. The maximum absolute atomic E-state index is 11.3. The van der Waals surface area contributed by atoms with Gasteiger partial charge in [0.25, 0.3) is 5.69 Å². The second kappa shape index (κ2) is 8.98.